The summed E-state index contributed by atoms with van der Waals surface area (Å²) in [6, 6.07) is 0. The lowest BCUT2D eigenvalue weighted by molar-refractivity contribution is 0.456. The molecule has 0 radical (unpaired) electrons. The predicted octanol–water partition coefficient (Wildman–Crippen LogP) is 2.93. The molecule has 0 bridgehead atoms. The summed E-state index contributed by atoms with van der Waals surface area (Å²) in [5.74, 6) is -5.82. The number of halogens is 4. The summed E-state index contributed by atoms with van der Waals surface area (Å²) in [5, 5.41) is 2.03. The van der Waals surface area contributed by atoms with Crippen LogP contribution in [0.5, 0.6) is 0 Å². The molecule has 0 aliphatic rings. The van der Waals surface area contributed by atoms with Crippen LogP contribution in [0.25, 0.3) is 6.08 Å². The van der Waals surface area contributed by atoms with Crippen molar-refractivity contribution >= 4 is 11.8 Å². The molecule has 0 aromatic heterocycles. The number of hydrogen-bond donors (Lipinski definition) is 1. The van der Waals surface area contributed by atoms with Gasteiger partial charge in [0.25, 0.3) is 0 Å². The van der Waals surface area contributed by atoms with Crippen molar-refractivity contribution in [2.24, 2.45) is 0 Å². The Labute approximate surface area is 78.0 Å². The molecule has 0 fully saturated rings. The Kier molecular flexibility index (Phi) is 2.78. The fraction of sp³-hybridized carbons (Fsp3) is 0.111. The molecule has 1 aromatic carbocycles. The molecule has 1 aromatic rings. The molecule has 0 unspecified atom stereocenters. The van der Waals surface area contributed by atoms with E-state index in [0.717, 1.165) is 13.1 Å². The molecule has 0 aliphatic heterocycles. The average Bonchev–Trinajstić information content (AvgIpc) is 2.17. The van der Waals surface area contributed by atoms with Crippen LogP contribution in [-0.2, 0) is 0 Å². The van der Waals surface area contributed by atoms with Crippen LogP contribution < -0.4 is 5.32 Å². The van der Waals surface area contributed by atoms with Gasteiger partial charge in [-0.15, -0.1) is 0 Å². The van der Waals surface area contributed by atoms with Crippen LogP contribution in [0.2, 0.25) is 0 Å². The van der Waals surface area contributed by atoms with Gasteiger partial charge in [-0.3, -0.25) is 0 Å². The van der Waals surface area contributed by atoms with Crippen molar-refractivity contribution < 1.29 is 17.6 Å². The van der Waals surface area contributed by atoms with Crippen LogP contribution in [0.3, 0.4) is 0 Å². The number of benzene rings is 1. The Bertz CT molecular complexity index is 358. The second-order valence-electron chi connectivity index (χ2n) is 2.50. The molecule has 5 heteroatoms. The van der Waals surface area contributed by atoms with E-state index >= 15 is 0 Å². The molecule has 0 heterocycles. The lowest BCUT2D eigenvalue weighted by Gasteiger charge is -2.08. The highest BCUT2D eigenvalue weighted by molar-refractivity contribution is 5.57. The lowest BCUT2D eigenvalue weighted by atomic mass is 10.1. The fourth-order valence-corrected chi connectivity index (χ4v) is 1.05. The SMILES string of the molecule is C=Cc1c(F)c(F)c(NC)c(F)c1F. The largest absolute Gasteiger partial charge is 0.383 e. The van der Waals surface area contributed by atoms with Crippen molar-refractivity contribution in [3.05, 3.63) is 35.4 Å². The van der Waals surface area contributed by atoms with Gasteiger partial charge in [0.2, 0.25) is 0 Å². The van der Waals surface area contributed by atoms with E-state index in [4.69, 9.17) is 0 Å². The van der Waals surface area contributed by atoms with E-state index < -0.39 is 34.5 Å². The maximum Gasteiger partial charge on any atom is 0.185 e. The van der Waals surface area contributed by atoms with Gasteiger partial charge < -0.3 is 5.32 Å². The molecule has 0 atom stereocenters. The first-order valence-corrected chi connectivity index (χ1v) is 3.70. The van der Waals surface area contributed by atoms with Crippen LogP contribution in [0, 0.1) is 23.3 Å². The van der Waals surface area contributed by atoms with Gasteiger partial charge in [-0.25, -0.2) is 17.6 Å². The summed E-state index contributed by atoms with van der Waals surface area (Å²) >= 11 is 0. The number of rotatable bonds is 2. The molecular weight excluding hydrogens is 198 g/mol. The Morgan fingerprint density at radius 1 is 1.00 bits per heavy atom. The van der Waals surface area contributed by atoms with Crippen LogP contribution >= 0.6 is 0 Å². The van der Waals surface area contributed by atoms with Gasteiger partial charge in [-0.2, -0.15) is 0 Å². The molecule has 0 spiro atoms. The van der Waals surface area contributed by atoms with Crippen LogP contribution in [0.15, 0.2) is 6.58 Å². The van der Waals surface area contributed by atoms with E-state index in [0.29, 0.717) is 0 Å². The van der Waals surface area contributed by atoms with Gasteiger partial charge in [0.1, 0.15) is 5.69 Å². The first-order chi connectivity index (χ1) is 6.54. The zero-order valence-corrected chi connectivity index (χ0v) is 7.30. The van der Waals surface area contributed by atoms with E-state index in [1.807, 2.05) is 5.32 Å². The first-order valence-electron chi connectivity index (χ1n) is 3.70. The minimum Gasteiger partial charge on any atom is -0.383 e. The zero-order chi connectivity index (χ0) is 10.9. The van der Waals surface area contributed by atoms with Crippen molar-refractivity contribution in [1.82, 2.24) is 0 Å². The molecule has 0 saturated heterocycles. The smallest absolute Gasteiger partial charge is 0.185 e. The van der Waals surface area contributed by atoms with E-state index in [9.17, 15) is 17.6 Å². The first kappa shape index (κ1) is 10.6. The highest BCUT2D eigenvalue weighted by Crippen LogP contribution is 2.28. The molecule has 0 aliphatic carbocycles. The molecule has 76 valence electrons. The topological polar surface area (TPSA) is 12.0 Å². The van der Waals surface area contributed by atoms with Crippen molar-refractivity contribution in [2.75, 3.05) is 12.4 Å². The maximum absolute atomic E-state index is 13.0. The molecule has 1 N–H and O–H groups in total. The van der Waals surface area contributed by atoms with Crippen molar-refractivity contribution in [3.8, 4) is 0 Å². The van der Waals surface area contributed by atoms with Crippen LogP contribution in [-0.4, -0.2) is 7.05 Å². The molecule has 1 rings (SSSR count). The molecule has 0 saturated carbocycles. The number of hydrogen-bond acceptors (Lipinski definition) is 1. The number of nitrogens with one attached hydrogen (secondary N) is 1. The van der Waals surface area contributed by atoms with E-state index in [1.165, 1.54) is 0 Å². The van der Waals surface area contributed by atoms with Gasteiger partial charge in [-0.1, -0.05) is 12.7 Å². The minimum atomic E-state index is -1.46. The third-order valence-electron chi connectivity index (χ3n) is 1.75. The zero-order valence-electron chi connectivity index (χ0n) is 7.30. The van der Waals surface area contributed by atoms with Crippen molar-refractivity contribution in [1.29, 1.82) is 0 Å². The van der Waals surface area contributed by atoms with Gasteiger partial charge in [0, 0.05) is 7.05 Å². The Morgan fingerprint density at radius 2 is 1.43 bits per heavy atom. The minimum absolute atomic E-state index is 0.719. The quantitative estimate of drug-likeness (QED) is 0.578. The summed E-state index contributed by atoms with van der Waals surface area (Å²) < 4.78 is 52.0. The maximum atomic E-state index is 13.0. The normalized spacial score (nSPS) is 10.1. The summed E-state index contributed by atoms with van der Waals surface area (Å²) in [7, 11) is 1.16. The van der Waals surface area contributed by atoms with E-state index in [2.05, 4.69) is 6.58 Å². The Balaban J connectivity index is 3.63. The fourth-order valence-electron chi connectivity index (χ4n) is 1.05. The van der Waals surface area contributed by atoms with E-state index in [1.54, 1.807) is 0 Å². The van der Waals surface area contributed by atoms with E-state index in [-0.39, 0.29) is 0 Å². The second-order valence-corrected chi connectivity index (χ2v) is 2.50. The number of anilines is 1. The van der Waals surface area contributed by atoms with Crippen molar-refractivity contribution in [2.45, 2.75) is 0 Å². The predicted molar refractivity (Wildman–Crippen MR) is 45.9 cm³/mol. The van der Waals surface area contributed by atoms with Gasteiger partial charge in [0.05, 0.1) is 5.56 Å². The molecule has 14 heavy (non-hydrogen) atoms. The molecular formula is C9H7F4N. The summed E-state index contributed by atoms with van der Waals surface area (Å²) in [6.07, 6.45) is 0.719. The summed E-state index contributed by atoms with van der Waals surface area (Å²) in [4.78, 5) is 0. The average molecular weight is 205 g/mol. The molecule has 0 amide bonds. The van der Waals surface area contributed by atoms with Gasteiger partial charge in [-0.05, 0) is 0 Å². The van der Waals surface area contributed by atoms with Gasteiger partial charge >= 0.3 is 0 Å². The van der Waals surface area contributed by atoms with Crippen LogP contribution in [0.1, 0.15) is 5.56 Å². The van der Waals surface area contributed by atoms with Gasteiger partial charge in [0.15, 0.2) is 23.3 Å². The highest BCUT2D eigenvalue weighted by Gasteiger charge is 2.22. The third kappa shape index (κ3) is 1.34. The second kappa shape index (κ2) is 3.69. The van der Waals surface area contributed by atoms with Crippen LogP contribution in [0.4, 0.5) is 23.2 Å². The standard InChI is InChI=1S/C9H7F4N/c1-3-4-5(10)7(12)9(14-2)8(13)6(4)11/h3,14H,1H2,2H3. The third-order valence-corrected chi connectivity index (χ3v) is 1.75. The summed E-state index contributed by atoms with van der Waals surface area (Å²) in [6.45, 7) is 3.06. The monoisotopic (exact) mass is 205 g/mol. The Morgan fingerprint density at radius 3 is 1.71 bits per heavy atom. The van der Waals surface area contributed by atoms with Crippen molar-refractivity contribution in [3.63, 3.8) is 0 Å². The molecule has 1 nitrogen and oxygen atoms in total. The summed E-state index contributed by atoms with van der Waals surface area (Å²) in [5.41, 5.74) is -1.63. The highest BCUT2D eigenvalue weighted by atomic mass is 19.2. The lowest BCUT2D eigenvalue weighted by Crippen LogP contribution is -2.05. The Hall–Kier alpha value is -1.52.